The quantitative estimate of drug-likeness (QED) is 0.869. The third-order valence-corrected chi connectivity index (χ3v) is 4.78. The highest BCUT2D eigenvalue weighted by Crippen LogP contribution is 2.39. The van der Waals surface area contributed by atoms with Gasteiger partial charge < -0.3 is 5.73 Å². The molecular weight excluding hydrogens is 278 g/mol. The van der Waals surface area contributed by atoms with Crippen LogP contribution < -0.4 is 5.73 Å². The van der Waals surface area contributed by atoms with Crippen LogP contribution in [0, 0.1) is 5.41 Å². The molecule has 5 heteroatoms. The van der Waals surface area contributed by atoms with Crippen LogP contribution in [0.4, 0.5) is 0 Å². The Labute approximate surface area is 121 Å². The number of halogens is 1. The Morgan fingerprint density at radius 2 is 2.26 bits per heavy atom. The van der Waals surface area contributed by atoms with Gasteiger partial charge in [-0.15, -0.1) is 11.3 Å². The first-order chi connectivity index (χ1) is 8.94. The van der Waals surface area contributed by atoms with E-state index in [0.29, 0.717) is 0 Å². The number of thiophene rings is 1. The molecule has 19 heavy (non-hydrogen) atoms. The Bertz CT molecular complexity index is 621. The van der Waals surface area contributed by atoms with E-state index < -0.39 is 0 Å². The molecular formula is C14H16ClN3S. The fraction of sp³-hybridized carbons (Fsp3) is 0.429. The maximum Gasteiger partial charge on any atom is 0.169 e. The predicted octanol–water partition coefficient (Wildman–Crippen LogP) is 3.83. The number of hydrogen-bond donors (Lipinski definition) is 1. The Morgan fingerprint density at radius 1 is 1.47 bits per heavy atom. The highest BCUT2D eigenvalue weighted by molar-refractivity contribution is 7.14. The van der Waals surface area contributed by atoms with Gasteiger partial charge in [-0.25, -0.2) is 9.97 Å². The first-order valence-electron chi connectivity index (χ1n) is 6.30. The summed E-state index contributed by atoms with van der Waals surface area (Å²) in [5.41, 5.74) is 8.59. The van der Waals surface area contributed by atoms with E-state index in [2.05, 4.69) is 18.8 Å². The zero-order valence-corrected chi connectivity index (χ0v) is 12.6. The molecule has 0 amide bonds. The lowest BCUT2D eigenvalue weighted by molar-refractivity contribution is 0.278. The van der Waals surface area contributed by atoms with Gasteiger partial charge in [-0.3, -0.25) is 0 Å². The lowest BCUT2D eigenvalue weighted by Crippen LogP contribution is -2.30. The van der Waals surface area contributed by atoms with E-state index in [4.69, 9.17) is 22.3 Å². The average Bonchev–Trinajstić information content (AvgIpc) is 2.73. The third kappa shape index (κ3) is 2.53. The minimum Gasteiger partial charge on any atom is -0.324 e. The standard InChI is InChI=1S/C14H16ClN3S/c1-14(2)4-10(16)9-6-17-13(18-11(9)5-14)12-3-8(15)7-19-12/h3,6-7,10H,4-5,16H2,1-2H3. The molecule has 0 saturated carbocycles. The first-order valence-corrected chi connectivity index (χ1v) is 7.56. The van der Waals surface area contributed by atoms with Crippen molar-refractivity contribution in [2.45, 2.75) is 32.7 Å². The maximum atomic E-state index is 6.22. The summed E-state index contributed by atoms with van der Waals surface area (Å²) in [6.07, 6.45) is 3.81. The topological polar surface area (TPSA) is 51.8 Å². The summed E-state index contributed by atoms with van der Waals surface area (Å²) in [5.74, 6) is 0.751. The molecule has 0 bridgehead atoms. The first kappa shape index (κ1) is 13.0. The van der Waals surface area contributed by atoms with Gasteiger partial charge in [0.1, 0.15) is 0 Å². The Kier molecular flexibility index (Phi) is 3.12. The minimum atomic E-state index is 0.0414. The summed E-state index contributed by atoms with van der Waals surface area (Å²) < 4.78 is 0. The van der Waals surface area contributed by atoms with Crippen molar-refractivity contribution in [3.8, 4) is 10.7 Å². The molecule has 1 aliphatic carbocycles. The molecule has 1 aliphatic rings. The summed E-state index contributed by atoms with van der Waals surface area (Å²) >= 11 is 7.52. The molecule has 1 atom stereocenters. The van der Waals surface area contributed by atoms with Gasteiger partial charge in [-0.2, -0.15) is 0 Å². The second kappa shape index (κ2) is 4.54. The molecule has 100 valence electrons. The molecule has 2 heterocycles. The minimum absolute atomic E-state index is 0.0414. The molecule has 2 aromatic heterocycles. The van der Waals surface area contributed by atoms with E-state index in [1.165, 1.54) is 0 Å². The van der Waals surface area contributed by atoms with Crippen LogP contribution in [0.2, 0.25) is 5.02 Å². The second-order valence-electron chi connectivity index (χ2n) is 5.88. The van der Waals surface area contributed by atoms with Crippen molar-refractivity contribution in [2.75, 3.05) is 0 Å². The number of nitrogens with zero attached hydrogens (tertiary/aromatic N) is 2. The summed E-state index contributed by atoms with van der Waals surface area (Å²) in [4.78, 5) is 10.1. The second-order valence-corrected chi connectivity index (χ2v) is 7.22. The SMILES string of the molecule is CC1(C)Cc2nc(-c3cc(Cl)cs3)ncc2C(N)C1. The van der Waals surface area contributed by atoms with Crippen molar-refractivity contribution in [1.82, 2.24) is 9.97 Å². The zero-order valence-electron chi connectivity index (χ0n) is 11.0. The van der Waals surface area contributed by atoms with E-state index in [-0.39, 0.29) is 11.5 Å². The van der Waals surface area contributed by atoms with Gasteiger partial charge in [0.15, 0.2) is 5.82 Å². The van der Waals surface area contributed by atoms with Crippen molar-refractivity contribution in [3.05, 3.63) is 33.9 Å². The van der Waals surface area contributed by atoms with E-state index >= 15 is 0 Å². The van der Waals surface area contributed by atoms with Crippen LogP contribution in [-0.4, -0.2) is 9.97 Å². The number of fused-ring (bicyclic) bond motifs is 1. The van der Waals surface area contributed by atoms with Gasteiger partial charge in [0.25, 0.3) is 0 Å². The lowest BCUT2D eigenvalue weighted by Gasteiger charge is -2.34. The largest absolute Gasteiger partial charge is 0.324 e. The number of rotatable bonds is 1. The van der Waals surface area contributed by atoms with Gasteiger partial charge in [-0.1, -0.05) is 25.4 Å². The van der Waals surface area contributed by atoms with Crippen molar-refractivity contribution >= 4 is 22.9 Å². The summed E-state index contributed by atoms with van der Waals surface area (Å²) in [6.45, 7) is 4.47. The van der Waals surface area contributed by atoms with Crippen LogP contribution in [0.3, 0.4) is 0 Å². The van der Waals surface area contributed by atoms with Crippen LogP contribution in [0.5, 0.6) is 0 Å². The van der Waals surface area contributed by atoms with Crippen LogP contribution in [0.25, 0.3) is 10.7 Å². The zero-order chi connectivity index (χ0) is 13.6. The molecule has 0 radical (unpaired) electrons. The molecule has 1 unspecified atom stereocenters. The number of nitrogens with two attached hydrogens (primary N) is 1. The fourth-order valence-electron chi connectivity index (χ4n) is 2.66. The highest BCUT2D eigenvalue weighted by atomic mass is 35.5. The molecule has 2 N–H and O–H groups in total. The van der Waals surface area contributed by atoms with Gasteiger partial charge in [0.05, 0.1) is 9.90 Å². The molecule has 0 saturated heterocycles. The van der Waals surface area contributed by atoms with Crippen LogP contribution in [0.15, 0.2) is 17.6 Å². The Hall–Kier alpha value is -0.970. The van der Waals surface area contributed by atoms with Crippen LogP contribution in [0.1, 0.15) is 37.6 Å². The molecule has 2 aromatic rings. The van der Waals surface area contributed by atoms with Crippen molar-refractivity contribution < 1.29 is 0 Å². The molecule has 0 aliphatic heterocycles. The van der Waals surface area contributed by atoms with E-state index in [9.17, 15) is 0 Å². The Balaban J connectivity index is 2.04. The van der Waals surface area contributed by atoms with E-state index in [1.54, 1.807) is 11.3 Å². The highest BCUT2D eigenvalue weighted by Gasteiger charge is 2.31. The van der Waals surface area contributed by atoms with E-state index in [0.717, 1.165) is 39.8 Å². The van der Waals surface area contributed by atoms with Crippen molar-refractivity contribution in [1.29, 1.82) is 0 Å². The van der Waals surface area contributed by atoms with Crippen molar-refractivity contribution in [2.24, 2.45) is 11.1 Å². The fourth-order valence-corrected chi connectivity index (χ4v) is 3.67. The van der Waals surface area contributed by atoms with Gasteiger partial charge in [0, 0.05) is 28.9 Å². The number of hydrogen-bond acceptors (Lipinski definition) is 4. The molecule has 0 aromatic carbocycles. The summed E-state index contributed by atoms with van der Waals surface area (Å²) in [5, 5.41) is 2.63. The smallest absolute Gasteiger partial charge is 0.169 e. The van der Waals surface area contributed by atoms with Crippen LogP contribution in [-0.2, 0) is 6.42 Å². The van der Waals surface area contributed by atoms with Crippen LogP contribution >= 0.6 is 22.9 Å². The normalized spacial score (nSPS) is 21.2. The van der Waals surface area contributed by atoms with Gasteiger partial charge in [-0.05, 0) is 24.3 Å². The molecule has 3 rings (SSSR count). The average molecular weight is 294 g/mol. The maximum absolute atomic E-state index is 6.22. The lowest BCUT2D eigenvalue weighted by atomic mass is 9.74. The third-order valence-electron chi connectivity index (χ3n) is 3.51. The predicted molar refractivity (Wildman–Crippen MR) is 79.4 cm³/mol. The monoisotopic (exact) mass is 293 g/mol. The summed E-state index contributed by atoms with van der Waals surface area (Å²) in [7, 11) is 0. The van der Waals surface area contributed by atoms with E-state index in [1.807, 2.05) is 17.6 Å². The molecule has 0 spiro atoms. The number of aromatic nitrogens is 2. The Morgan fingerprint density at radius 3 is 2.95 bits per heavy atom. The van der Waals surface area contributed by atoms with Gasteiger partial charge >= 0.3 is 0 Å². The van der Waals surface area contributed by atoms with Crippen molar-refractivity contribution in [3.63, 3.8) is 0 Å². The molecule has 3 nitrogen and oxygen atoms in total. The van der Waals surface area contributed by atoms with Gasteiger partial charge in [0.2, 0.25) is 0 Å². The summed E-state index contributed by atoms with van der Waals surface area (Å²) in [6, 6.07) is 1.95. The molecule has 0 fully saturated rings.